The van der Waals surface area contributed by atoms with Crippen LogP contribution in [0.25, 0.3) is 0 Å². The molecule has 0 radical (unpaired) electrons. The summed E-state index contributed by atoms with van der Waals surface area (Å²) in [5.41, 5.74) is 1.90. The molecule has 0 aliphatic carbocycles. The van der Waals surface area contributed by atoms with Gasteiger partial charge in [0.05, 0.1) is 12.2 Å². The smallest absolute Gasteiger partial charge is 0.234 e. The Labute approximate surface area is 152 Å². The summed E-state index contributed by atoms with van der Waals surface area (Å²) in [4.78, 5) is 16.6. The van der Waals surface area contributed by atoms with Gasteiger partial charge in [0.1, 0.15) is 5.76 Å². The molecule has 0 unspecified atom stereocenters. The van der Waals surface area contributed by atoms with Crippen molar-refractivity contribution >= 4 is 17.5 Å². The van der Waals surface area contributed by atoms with Gasteiger partial charge in [-0.2, -0.15) is 0 Å². The fraction of sp³-hybridized carbons (Fsp3) is 0.444. The predicted molar refractivity (Wildman–Crippen MR) is 96.3 cm³/mol. The topological polar surface area (TPSA) is 61.6 Å². The minimum absolute atomic E-state index is 0.0282. The number of rotatable bonds is 6. The Kier molecular flexibility index (Phi) is 6.07. The molecule has 0 spiro atoms. The van der Waals surface area contributed by atoms with Crippen molar-refractivity contribution < 1.29 is 9.32 Å². The number of hydrogen-bond acceptors (Lipinski definition) is 5. The van der Waals surface area contributed by atoms with Crippen LogP contribution in [0, 0.1) is 6.92 Å². The van der Waals surface area contributed by atoms with Gasteiger partial charge < -0.3 is 9.84 Å². The van der Waals surface area contributed by atoms with Crippen LogP contribution < -0.4 is 5.32 Å². The van der Waals surface area contributed by atoms with Gasteiger partial charge >= 0.3 is 0 Å². The molecule has 1 aliphatic rings. The number of benzene rings is 1. The molecule has 0 bridgehead atoms. The third-order valence-electron chi connectivity index (χ3n) is 4.33. The Hall–Kier alpha value is -1.89. The first kappa shape index (κ1) is 17.9. The SMILES string of the molecule is Cc1cc(CN2CCN(CC(=O)NCc3ccccc3Cl)CC2)no1. The Morgan fingerprint density at radius 2 is 1.96 bits per heavy atom. The van der Waals surface area contributed by atoms with Crippen LogP contribution in [0.5, 0.6) is 0 Å². The number of amides is 1. The third-order valence-corrected chi connectivity index (χ3v) is 4.70. The fourth-order valence-corrected chi connectivity index (χ4v) is 3.12. The van der Waals surface area contributed by atoms with Crippen molar-refractivity contribution in [3.63, 3.8) is 0 Å². The zero-order chi connectivity index (χ0) is 17.6. The molecule has 1 N–H and O–H groups in total. The highest BCUT2D eigenvalue weighted by molar-refractivity contribution is 6.31. The summed E-state index contributed by atoms with van der Waals surface area (Å²) in [6.45, 7) is 7.16. The van der Waals surface area contributed by atoms with Crippen LogP contribution in [0.3, 0.4) is 0 Å². The molecule has 1 fully saturated rings. The monoisotopic (exact) mass is 362 g/mol. The van der Waals surface area contributed by atoms with Gasteiger partial charge in [-0.05, 0) is 18.6 Å². The highest BCUT2D eigenvalue weighted by atomic mass is 35.5. The van der Waals surface area contributed by atoms with Gasteiger partial charge in [0, 0.05) is 50.4 Å². The van der Waals surface area contributed by atoms with E-state index in [9.17, 15) is 4.79 Å². The lowest BCUT2D eigenvalue weighted by molar-refractivity contribution is -0.122. The van der Waals surface area contributed by atoms with Crippen molar-refractivity contribution in [2.45, 2.75) is 20.0 Å². The maximum absolute atomic E-state index is 12.1. The number of carbonyl (C=O) groups is 1. The van der Waals surface area contributed by atoms with E-state index in [2.05, 4.69) is 20.3 Å². The summed E-state index contributed by atoms with van der Waals surface area (Å²) in [5, 5.41) is 7.65. The van der Waals surface area contributed by atoms with E-state index >= 15 is 0 Å². The second-order valence-electron chi connectivity index (χ2n) is 6.35. The van der Waals surface area contributed by atoms with Gasteiger partial charge in [-0.3, -0.25) is 14.6 Å². The fourth-order valence-electron chi connectivity index (χ4n) is 2.92. The largest absolute Gasteiger partial charge is 0.361 e. The summed E-state index contributed by atoms with van der Waals surface area (Å²) in [5.74, 6) is 0.865. The molecule has 2 heterocycles. The number of piperazine rings is 1. The first-order chi connectivity index (χ1) is 12.1. The van der Waals surface area contributed by atoms with Crippen LogP contribution in [-0.2, 0) is 17.9 Å². The van der Waals surface area contributed by atoms with E-state index in [1.54, 1.807) is 0 Å². The van der Waals surface area contributed by atoms with Crippen LogP contribution in [0.2, 0.25) is 5.02 Å². The Morgan fingerprint density at radius 3 is 2.64 bits per heavy atom. The lowest BCUT2D eigenvalue weighted by Crippen LogP contribution is -2.49. The molecule has 1 aliphatic heterocycles. The quantitative estimate of drug-likeness (QED) is 0.852. The minimum atomic E-state index is 0.0282. The average molecular weight is 363 g/mol. The van der Waals surface area contributed by atoms with Crippen LogP contribution in [0.4, 0.5) is 0 Å². The Morgan fingerprint density at radius 1 is 1.24 bits per heavy atom. The standard InChI is InChI=1S/C18H23ClN4O2/c1-14-10-16(21-25-14)12-22-6-8-23(9-7-22)13-18(24)20-11-15-4-2-3-5-17(15)19/h2-5,10H,6-9,11-13H2,1H3,(H,20,24). The van der Waals surface area contributed by atoms with Crippen LogP contribution in [-0.4, -0.2) is 53.6 Å². The number of halogens is 1. The van der Waals surface area contributed by atoms with Gasteiger partial charge in [0.15, 0.2) is 0 Å². The molecule has 0 atom stereocenters. The predicted octanol–water partition coefficient (Wildman–Crippen LogP) is 2.07. The number of hydrogen-bond donors (Lipinski definition) is 1. The van der Waals surface area contributed by atoms with E-state index in [0.29, 0.717) is 18.1 Å². The van der Waals surface area contributed by atoms with Gasteiger partial charge in [-0.25, -0.2) is 0 Å². The van der Waals surface area contributed by atoms with Crippen molar-refractivity contribution in [2.24, 2.45) is 0 Å². The Bertz CT molecular complexity index is 711. The average Bonchev–Trinajstić information content (AvgIpc) is 3.01. The van der Waals surface area contributed by atoms with E-state index in [-0.39, 0.29) is 5.91 Å². The first-order valence-corrected chi connectivity index (χ1v) is 8.85. The zero-order valence-electron chi connectivity index (χ0n) is 14.4. The molecule has 0 saturated carbocycles. The van der Waals surface area contributed by atoms with E-state index in [1.165, 1.54) is 0 Å². The van der Waals surface area contributed by atoms with Crippen molar-refractivity contribution in [3.05, 3.63) is 52.4 Å². The van der Waals surface area contributed by atoms with E-state index in [0.717, 1.165) is 49.7 Å². The second-order valence-corrected chi connectivity index (χ2v) is 6.76. The highest BCUT2D eigenvalue weighted by Gasteiger charge is 2.19. The number of carbonyl (C=O) groups excluding carboxylic acids is 1. The van der Waals surface area contributed by atoms with Gasteiger partial charge in [-0.1, -0.05) is 35.0 Å². The Balaban J connectivity index is 1.38. The normalized spacial score (nSPS) is 16.1. The number of nitrogens with zero attached hydrogens (tertiary/aromatic N) is 3. The lowest BCUT2D eigenvalue weighted by Gasteiger charge is -2.33. The van der Waals surface area contributed by atoms with E-state index in [4.69, 9.17) is 16.1 Å². The summed E-state index contributed by atoms with van der Waals surface area (Å²) < 4.78 is 5.10. The van der Waals surface area contributed by atoms with Crippen molar-refractivity contribution in [1.82, 2.24) is 20.3 Å². The van der Waals surface area contributed by atoms with Crippen LogP contribution in [0.15, 0.2) is 34.9 Å². The molecular weight excluding hydrogens is 340 g/mol. The summed E-state index contributed by atoms with van der Waals surface area (Å²) in [6, 6.07) is 9.52. The molecule has 7 heteroatoms. The van der Waals surface area contributed by atoms with Crippen molar-refractivity contribution in [1.29, 1.82) is 0 Å². The molecule has 1 aromatic heterocycles. The van der Waals surface area contributed by atoms with Crippen LogP contribution >= 0.6 is 11.6 Å². The summed E-state index contributed by atoms with van der Waals surface area (Å²) in [7, 11) is 0. The van der Waals surface area contributed by atoms with Crippen molar-refractivity contribution in [2.75, 3.05) is 32.7 Å². The van der Waals surface area contributed by atoms with Gasteiger partial charge in [0.2, 0.25) is 5.91 Å². The summed E-state index contributed by atoms with van der Waals surface area (Å²) in [6.07, 6.45) is 0. The molecule has 1 aromatic carbocycles. The molecule has 25 heavy (non-hydrogen) atoms. The number of aromatic nitrogens is 1. The van der Waals surface area contributed by atoms with Crippen molar-refractivity contribution in [3.8, 4) is 0 Å². The van der Waals surface area contributed by atoms with Gasteiger partial charge in [0.25, 0.3) is 0 Å². The molecule has 6 nitrogen and oxygen atoms in total. The third kappa shape index (κ3) is 5.29. The van der Waals surface area contributed by atoms with Crippen LogP contribution in [0.1, 0.15) is 17.0 Å². The maximum Gasteiger partial charge on any atom is 0.234 e. The first-order valence-electron chi connectivity index (χ1n) is 8.47. The minimum Gasteiger partial charge on any atom is -0.361 e. The molecule has 3 rings (SSSR count). The molecular formula is C18H23ClN4O2. The molecule has 1 saturated heterocycles. The number of nitrogens with one attached hydrogen (secondary N) is 1. The zero-order valence-corrected chi connectivity index (χ0v) is 15.1. The molecule has 2 aromatic rings. The molecule has 134 valence electrons. The van der Waals surface area contributed by atoms with Gasteiger partial charge in [-0.15, -0.1) is 0 Å². The highest BCUT2D eigenvalue weighted by Crippen LogP contribution is 2.14. The second kappa shape index (κ2) is 8.47. The van der Waals surface area contributed by atoms with E-state index in [1.807, 2.05) is 37.3 Å². The molecule has 1 amide bonds. The maximum atomic E-state index is 12.1. The number of aryl methyl sites for hydroxylation is 1. The summed E-state index contributed by atoms with van der Waals surface area (Å²) >= 11 is 6.10. The van der Waals surface area contributed by atoms with E-state index < -0.39 is 0 Å². The lowest BCUT2D eigenvalue weighted by atomic mass is 10.2.